The molecule has 1 atom stereocenters. The molecule has 9 nitrogen and oxygen atoms in total. The van der Waals surface area contributed by atoms with Crippen molar-refractivity contribution in [1.29, 1.82) is 0 Å². The summed E-state index contributed by atoms with van der Waals surface area (Å²) in [6.07, 6.45) is 2.73. The van der Waals surface area contributed by atoms with Gasteiger partial charge in [-0.3, -0.25) is 18.9 Å². The lowest BCUT2D eigenvalue weighted by atomic mass is 10.3. The summed E-state index contributed by atoms with van der Waals surface area (Å²) >= 11 is 0. The number of anilines is 1. The van der Waals surface area contributed by atoms with Gasteiger partial charge in [0.25, 0.3) is 5.56 Å². The Kier molecular flexibility index (Phi) is 4.41. The van der Waals surface area contributed by atoms with E-state index in [1.807, 2.05) is 12.1 Å². The monoisotopic (exact) mass is 344 g/mol. The molecule has 2 N–H and O–H groups in total. The van der Waals surface area contributed by atoms with Crippen LogP contribution in [-0.4, -0.2) is 34.9 Å². The number of pyridine rings is 1. The molecule has 3 aromatic rings. The number of aryl methyl sites for hydroxylation is 1. The highest BCUT2D eigenvalue weighted by Crippen LogP contribution is 2.17. The van der Waals surface area contributed by atoms with Gasteiger partial charge < -0.3 is 15.0 Å². The Labute approximate surface area is 143 Å². The van der Waals surface area contributed by atoms with Crippen molar-refractivity contribution in [1.82, 2.24) is 23.7 Å². The van der Waals surface area contributed by atoms with E-state index in [4.69, 9.17) is 0 Å². The first kappa shape index (κ1) is 16.9. The summed E-state index contributed by atoms with van der Waals surface area (Å²) in [6, 6.07) is 3.74. The Morgan fingerprint density at radius 2 is 2.04 bits per heavy atom. The van der Waals surface area contributed by atoms with E-state index in [2.05, 4.69) is 15.3 Å². The molecule has 0 bridgehead atoms. The number of imidazole rings is 1. The van der Waals surface area contributed by atoms with Crippen LogP contribution >= 0.6 is 0 Å². The van der Waals surface area contributed by atoms with Gasteiger partial charge in [0.15, 0.2) is 11.2 Å². The lowest BCUT2D eigenvalue weighted by Crippen LogP contribution is -2.37. The van der Waals surface area contributed by atoms with Crippen molar-refractivity contribution in [2.24, 2.45) is 14.1 Å². The summed E-state index contributed by atoms with van der Waals surface area (Å²) in [7, 11) is 2.99. The molecule has 25 heavy (non-hydrogen) atoms. The highest BCUT2D eigenvalue weighted by molar-refractivity contribution is 5.74. The quantitative estimate of drug-likeness (QED) is 0.665. The van der Waals surface area contributed by atoms with E-state index in [1.54, 1.807) is 30.9 Å². The van der Waals surface area contributed by atoms with Gasteiger partial charge in [0.1, 0.15) is 0 Å². The molecule has 0 aliphatic carbocycles. The second-order valence-electron chi connectivity index (χ2n) is 5.99. The number of hydrogen-bond donors (Lipinski definition) is 2. The molecular formula is C16H20N6O3. The molecule has 3 heterocycles. The van der Waals surface area contributed by atoms with Crippen molar-refractivity contribution in [2.75, 3.05) is 5.32 Å². The van der Waals surface area contributed by atoms with E-state index >= 15 is 0 Å². The SMILES string of the molecule is CC(O)Cn1c(NCc2cccnc2)nc2c1c(=O)n(C)c(=O)n2C. The number of nitrogens with one attached hydrogen (secondary N) is 1. The third-order valence-electron chi connectivity index (χ3n) is 3.97. The summed E-state index contributed by atoms with van der Waals surface area (Å²) in [5, 5.41) is 13.0. The molecule has 3 aromatic heterocycles. The Morgan fingerprint density at radius 3 is 2.68 bits per heavy atom. The summed E-state index contributed by atoms with van der Waals surface area (Å²) < 4.78 is 3.97. The Morgan fingerprint density at radius 1 is 1.28 bits per heavy atom. The van der Waals surface area contributed by atoms with E-state index in [0.29, 0.717) is 12.5 Å². The lowest BCUT2D eigenvalue weighted by molar-refractivity contribution is 0.175. The van der Waals surface area contributed by atoms with Crippen molar-refractivity contribution in [3.05, 3.63) is 50.9 Å². The topological polar surface area (TPSA) is 107 Å². The van der Waals surface area contributed by atoms with Crippen molar-refractivity contribution in [3.8, 4) is 0 Å². The van der Waals surface area contributed by atoms with Crippen molar-refractivity contribution >= 4 is 17.1 Å². The van der Waals surface area contributed by atoms with E-state index in [1.165, 1.54) is 11.6 Å². The van der Waals surface area contributed by atoms with Gasteiger partial charge in [0.05, 0.1) is 12.6 Å². The molecule has 0 aliphatic rings. The van der Waals surface area contributed by atoms with Crippen LogP contribution < -0.4 is 16.6 Å². The van der Waals surface area contributed by atoms with Crippen molar-refractivity contribution in [2.45, 2.75) is 26.1 Å². The molecule has 0 saturated carbocycles. The zero-order valence-corrected chi connectivity index (χ0v) is 14.3. The second-order valence-corrected chi connectivity index (χ2v) is 5.99. The van der Waals surface area contributed by atoms with Crippen LogP contribution in [0, 0.1) is 0 Å². The predicted molar refractivity (Wildman–Crippen MR) is 93.5 cm³/mol. The fourth-order valence-electron chi connectivity index (χ4n) is 2.71. The minimum absolute atomic E-state index is 0.180. The van der Waals surface area contributed by atoms with Gasteiger partial charge in [-0.1, -0.05) is 6.07 Å². The number of nitrogens with zero attached hydrogens (tertiary/aromatic N) is 5. The highest BCUT2D eigenvalue weighted by atomic mass is 16.3. The van der Waals surface area contributed by atoms with Gasteiger partial charge in [0, 0.05) is 33.0 Å². The maximum absolute atomic E-state index is 12.6. The Bertz CT molecular complexity index is 1020. The number of aromatic nitrogens is 5. The van der Waals surface area contributed by atoms with Crippen LogP contribution in [-0.2, 0) is 27.2 Å². The third-order valence-corrected chi connectivity index (χ3v) is 3.97. The molecule has 0 spiro atoms. The molecule has 132 valence electrons. The van der Waals surface area contributed by atoms with Crippen molar-refractivity contribution in [3.63, 3.8) is 0 Å². The first-order chi connectivity index (χ1) is 11.9. The smallest absolute Gasteiger partial charge is 0.332 e. The Balaban J connectivity index is 2.14. The Hall–Kier alpha value is -2.94. The molecule has 0 aromatic carbocycles. The molecule has 0 radical (unpaired) electrons. The zero-order valence-electron chi connectivity index (χ0n) is 14.3. The van der Waals surface area contributed by atoms with E-state index < -0.39 is 17.4 Å². The van der Waals surface area contributed by atoms with E-state index in [9.17, 15) is 14.7 Å². The van der Waals surface area contributed by atoms with Gasteiger partial charge >= 0.3 is 5.69 Å². The largest absolute Gasteiger partial charge is 0.392 e. The first-order valence-electron chi connectivity index (χ1n) is 7.87. The summed E-state index contributed by atoms with van der Waals surface area (Å²) in [5.74, 6) is 0.415. The molecule has 0 aliphatic heterocycles. The van der Waals surface area contributed by atoms with E-state index in [0.717, 1.165) is 10.1 Å². The van der Waals surface area contributed by atoms with Gasteiger partial charge in [0.2, 0.25) is 5.95 Å². The fraction of sp³-hybridized carbons (Fsp3) is 0.375. The summed E-state index contributed by atoms with van der Waals surface area (Å²) in [5.41, 5.74) is 0.611. The highest BCUT2D eigenvalue weighted by Gasteiger charge is 2.19. The van der Waals surface area contributed by atoms with Crippen LogP contribution in [0.15, 0.2) is 34.1 Å². The number of rotatable bonds is 5. The van der Waals surface area contributed by atoms with Crippen LogP contribution in [0.2, 0.25) is 0 Å². The van der Waals surface area contributed by atoms with Gasteiger partial charge in [-0.15, -0.1) is 0 Å². The summed E-state index contributed by atoms with van der Waals surface area (Å²) in [4.78, 5) is 33.2. The van der Waals surface area contributed by atoms with Crippen LogP contribution in [0.1, 0.15) is 12.5 Å². The van der Waals surface area contributed by atoms with Crippen molar-refractivity contribution < 1.29 is 5.11 Å². The molecule has 0 amide bonds. The van der Waals surface area contributed by atoms with Crippen LogP contribution in [0.4, 0.5) is 5.95 Å². The normalized spacial score (nSPS) is 12.5. The molecule has 3 rings (SSSR count). The summed E-state index contributed by atoms with van der Waals surface area (Å²) in [6.45, 7) is 2.26. The number of fused-ring (bicyclic) bond motifs is 1. The predicted octanol–water partition coefficient (Wildman–Crippen LogP) is -0.178. The van der Waals surface area contributed by atoms with Gasteiger partial charge in [-0.25, -0.2) is 4.79 Å². The second kappa shape index (κ2) is 6.52. The molecular weight excluding hydrogens is 324 g/mol. The minimum atomic E-state index is -0.682. The lowest BCUT2D eigenvalue weighted by Gasteiger charge is -2.12. The first-order valence-corrected chi connectivity index (χ1v) is 7.87. The zero-order chi connectivity index (χ0) is 18.1. The molecule has 1 unspecified atom stereocenters. The fourth-order valence-corrected chi connectivity index (χ4v) is 2.71. The third kappa shape index (κ3) is 3.05. The van der Waals surface area contributed by atoms with Crippen LogP contribution in [0.25, 0.3) is 11.2 Å². The molecule has 0 fully saturated rings. The van der Waals surface area contributed by atoms with Gasteiger partial charge in [-0.2, -0.15) is 4.98 Å². The molecule has 0 saturated heterocycles. The average molecular weight is 344 g/mol. The van der Waals surface area contributed by atoms with Gasteiger partial charge in [-0.05, 0) is 18.6 Å². The van der Waals surface area contributed by atoms with E-state index in [-0.39, 0.29) is 17.7 Å². The number of hydrogen-bond acceptors (Lipinski definition) is 6. The number of aliphatic hydroxyl groups is 1. The maximum atomic E-state index is 12.6. The van der Waals surface area contributed by atoms with Crippen LogP contribution in [0.5, 0.6) is 0 Å². The van der Waals surface area contributed by atoms with Crippen LogP contribution in [0.3, 0.4) is 0 Å². The molecule has 9 heteroatoms. The average Bonchev–Trinajstić information content (AvgIpc) is 2.95. The maximum Gasteiger partial charge on any atom is 0.332 e. The minimum Gasteiger partial charge on any atom is -0.392 e. The standard InChI is InChI=1S/C16H20N6O3/c1-10(23)9-22-12-13(20(2)16(25)21(3)14(12)24)19-15(22)18-8-11-5-4-6-17-7-11/h4-7,10,23H,8-9H2,1-3H3,(H,18,19). The number of aliphatic hydroxyl groups excluding tert-OH is 1.